The number of nitrogens with one attached hydrogen (secondary N) is 2. The van der Waals surface area contributed by atoms with Crippen molar-refractivity contribution in [2.45, 2.75) is 25.3 Å². The van der Waals surface area contributed by atoms with Crippen LogP contribution in [0.3, 0.4) is 0 Å². The SMILES string of the molecule is c1cc(CCNC2CCNCC2)cs1. The van der Waals surface area contributed by atoms with Gasteiger partial charge in [-0.1, -0.05) is 0 Å². The third-order valence-electron chi connectivity index (χ3n) is 2.77. The predicted molar refractivity (Wildman–Crippen MR) is 61.9 cm³/mol. The molecule has 1 aromatic rings. The second-order valence-corrected chi connectivity index (χ2v) is 4.64. The summed E-state index contributed by atoms with van der Waals surface area (Å²) in [5, 5.41) is 11.4. The molecular weight excluding hydrogens is 192 g/mol. The third-order valence-corrected chi connectivity index (χ3v) is 3.50. The Kier molecular flexibility index (Phi) is 3.98. The van der Waals surface area contributed by atoms with Crippen LogP contribution in [0.5, 0.6) is 0 Å². The van der Waals surface area contributed by atoms with E-state index in [1.807, 2.05) is 0 Å². The van der Waals surface area contributed by atoms with Gasteiger partial charge in [-0.15, -0.1) is 0 Å². The summed E-state index contributed by atoms with van der Waals surface area (Å²) in [6.45, 7) is 3.48. The third kappa shape index (κ3) is 3.08. The van der Waals surface area contributed by atoms with Crippen molar-refractivity contribution in [2.75, 3.05) is 19.6 Å². The van der Waals surface area contributed by atoms with E-state index in [-0.39, 0.29) is 0 Å². The first-order valence-electron chi connectivity index (χ1n) is 5.40. The summed E-state index contributed by atoms with van der Waals surface area (Å²) in [7, 11) is 0. The molecule has 1 saturated heterocycles. The zero-order valence-electron chi connectivity index (χ0n) is 8.46. The Hall–Kier alpha value is -0.380. The maximum atomic E-state index is 3.62. The largest absolute Gasteiger partial charge is 0.317 e. The number of piperidine rings is 1. The van der Waals surface area contributed by atoms with Crippen molar-refractivity contribution in [1.82, 2.24) is 10.6 Å². The molecule has 0 atom stereocenters. The minimum atomic E-state index is 0.745. The van der Waals surface area contributed by atoms with E-state index < -0.39 is 0 Å². The van der Waals surface area contributed by atoms with Gasteiger partial charge < -0.3 is 10.6 Å². The van der Waals surface area contributed by atoms with Gasteiger partial charge in [-0.2, -0.15) is 11.3 Å². The van der Waals surface area contributed by atoms with E-state index in [2.05, 4.69) is 27.5 Å². The van der Waals surface area contributed by atoms with Crippen LogP contribution in [0.2, 0.25) is 0 Å². The number of hydrogen-bond acceptors (Lipinski definition) is 3. The Morgan fingerprint density at radius 1 is 1.43 bits per heavy atom. The molecule has 78 valence electrons. The van der Waals surface area contributed by atoms with Crippen molar-refractivity contribution in [3.8, 4) is 0 Å². The average molecular weight is 210 g/mol. The molecule has 0 bridgehead atoms. The highest BCUT2D eigenvalue weighted by Gasteiger charge is 2.11. The molecule has 1 aliphatic heterocycles. The smallest absolute Gasteiger partial charge is 0.00913 e. The van der Waals surface area contributed by atoms with Crippen molar-refractivity contribution >= 4 is 11.3 Å². The first-order valence-corrected chi connectivity index (χ1v) is 6.34. The maximum Gasteiger partial charge on any atom is 0.00913 e. The molecule has 1 aromatic heterocycles. The van der Waals surface area contributed by atoms with Crippen LogP contribution in [0.15, 0.2) is 16.8 Å². The monoisotopic (exact) mass is 210 g/mol. The van der Waals surface area contributed by atoms with Crippen LogP contribution >= 0.6 is 11.3 Å². The first-order chi connectivity index (χ1) is 6.95. The zero-order chi connectivity index (χ0) is 9.64. The van der Waals surface area contributed by atoms with Gasteiger partial charge in [0.25, 0.3) is 0 Å². The maximum absolute atomic E-state index is 3.62. The summed E-state index contributed by atoms with van der Waals surface area (Å²) >= 11 is 1.79. The Bertz CT molecular complexity index is 240. The van der Waals surface area contributed by atoms with Crippen molar-refractivity contribution < 1.29 is 0 Å². The normalized spacial score (nSPS) is 18.6. The van der Waals surface area contributed by atoms with Gasteiger partial charge in [-0.25, -0.2) is 0 Å². The lowest BCUT2D eigenvalue weighted by Crippen LogP contribution is -2.40. The first kappa shape index (κ1) is 10.1. The van der Waals surface area contributed by atoms with Gasteiger partial charge in [-0.3, -0.25) is 0 Å². The summed E-state index contributed by atoms with van der Waals surface area (Å²) in [4.78, 5) is 0. The minimum absolute atomic E-state index is 0.745. The fourth-order valence-corrected chi connectivity index (χ4v) is 2.58. The summed E-state index contributed by atoms with van der Waals surface area (Å²) in [5.74, 6) is 0. The van der Waals surface area contributed by atoms with Crippen LogP contribution in [0.1, 0.15) is 18.4 Å². The van der Waals surface area contributed by atoms with Crippen LogP contribution in [0, 0.1) is 0 Å². The van der Waals surface area contributed by atoms with Crippen LogP contribution in [0.4, 0.5) is 0 Å². The molecule has 0 aromatic carbocycles. The van der Waals surface area contributed by atoms with Crippen molar-refractivity contribution in [3.63, 3.8) is 0 Å². The van der Waals surface area contributed by atoms with E-state index in [0.29, 0.717) is 0 Å². The highest BCUT2D eigenvalue weighted by Crippen LogP contribution is 2.07. The van der Waals surface area contributed by atoms with E-state index in [1.165, 1.54) is 37.9 Å². The lowest BCUT2D eigenvalue weighted by molar-refractivity contribution is 0.390. The van der Waals surface area contributed by atoms with E-state index in [9.17, 15) is 0 Å². The van der Waals surface area contributed by atoms with Crippen LogP contribution < -0.4 is 10.6 Å². The highest BCUT2D eigenvalue weighted by molar-refractivity contribution is 7.07. The lowest BCUT2D eigenvalue weighted by Gasteiger charge is -2.23. The molecule has 1 aliphatic rings. The number of hydrogen-bond donors (Lipinski definition) is 2. The average Bonchev–Trinajstić information content (AvgIpc) is 2.72. The number of thiophene rings is 1. The molecular formula is C11H18N2S. The summed E-state index contributed by atoms with van der Waals surface area (Å²) in [6.07, 6.45) is 3.74. The summed E-state index contributed by atoms with van der Waals surface area (Å²) in [5.41, 5.74) is 1.47. The molecule has 0 aliphatic carbocycles. The van der Waals surface area contributed by atoms with Crippen LogP contribution in [-0.4, -0.2) is 25.7 Å². The fourth-order valence-electron chi connectivity index (χ4n) is 1.88. The van der Waals surface area contributed by atoms with E-state index in [4.69, 9.17) is 0 Å². The molecule has 0 radical (unpaired) electrons. The molecule has 14 heavy (non-hydrogen) atoms. The molecule has 0 unspecified atom stereocenters. The van der Waals surface area contributed by atoms with Crippen molar-refractivity contribution in [3.05, 3.63) is 22.4 Å². The van der Waals surface area contributed by atoms with Gasteiger partial charge >= 0.3 is 0 Å². The lowest BCUT2D eigenvalue weighted by atomic mass is 10.1. The van der Waals surface area contributed by atoms with E-state index in [1.54, 1.807) is 11.3 Å². The predicted octanol–water partition coefficient (Wildman–Crippen LogP) is 1.63. The Morgan fingerprint density at radius 3 is 3.00 bits per heavy atom. The molecule has 2 heterocycles. The highest BCUT2D eigenvalue weighted by atomic mass is 32.1. The van der Waals surface area contributed by atoms with Gasteiger partial charge in [-0.05, 0) is 61.3 Å². The molecule has 2 N–H and O–H groups in total. The molecule has 2 nitrogen and oxygen atoms in total. The molecule has 2 rings (SSSR count). The Balaban J connectivity index is 1.62. The van der Waals surface area contributed by atoms with Crippen molar-refractivity contribution in [1.29, 1.82) is 0 Å². The van der Waals surface area contributed by atoms with Gasteiger partial charge in [0.1, 0.15) is 0 Å². The molecule has 0 spiro atoms. The van der Waals surface area contributed by atoms with Gasteiger partial charge in [0, 0.05) is 6.04 Å². The van der Waals surface area contributed by atoms with E-state index in [0.717, 1.165) is 12.6 Å². The van der Waals surface area contributed by atoms with Gasteiger partial charge in [0.15, 0.2) is 0 Å². The second-order valence-electron chi connectivity index (χ2n) is 3.86. The van der Waals surface area contributed by atoms with Gasteiger partial charge in [0.05, 0.1) is 0 Å². The van der Waals surface area contributed by atoms with Gasteiger partial charge in [0.2, 0.25) is 0 Å². The second kappa shape index (κ2) is 5.49. The molecule has 1 fully saturated rings. The van der Waals surface area contributed by atoms with Crippen LogP contribution in [0.25, 0.3) is 0 Å². The fraction of sp³-hybridized carbons (Fsp3) is 0.636. The van der Waals surface area contributed by atoms with Crippen molar-refractivity contribution in [2.24, 2.45) is 0 Å². The Morgan fingerprint density at radius 2 is 2.29 bits per heavy atom. The van der Waals surface area contributed by atoms with E-state index >= 15 is 0 Å². The molecule has 3 heteroatoms. The summed E-state index contributed by atoms with van der Waals surface area (Å²) in [6, 6.07) is 2.96. The molecule has 0 saturated carbocycles. The minimum Gasteiger partial charge on any atom is -0.317 e. The summed E-state index contributed by atoms with van der Waals surface area (Å²) < 4.78 is 0. The quantitative estimate of drug-likeness (QED) is 0.789. The zero-order valence-corrected chi connectivity index (χ0v) is 9.28. The Labute approximate surface area is 89.7 Å². The topological polar surface area (TPSA) is 24.1 Å². The van der Waals surface area contributed by atoms with Crippen LogP contribution in [-0.2, 0) is 6.42 Å². The standard InChI is InChI=1S/C11H18N2S/c1(10-4-8-14-9-10)7-13-11-2-5-12-6-3-11/h4,8-9,11-13H,1-3,5-7H2. The number of rotatable bonds is 4. The molecule has 0 amide bonds.